The van der Waals surface area contributed by atoms with Crippen molar-refractivity contribution in [1.82, 2.24) is 14.9 Å². The average Bonchev–Trinajstić information content (AvgIpc) is 2.86. The summed E-state index contributed by atoms with van der Waals surface area (Å²) in [4.78, 5) is 13.7. The molecule has 2 unspecified atom stereocenters. The number of carbonyl (C=O) groups is 1. The third kappa shape index (κ3) is 2.62. The minimum atomic E-state index is -3.37. The van der Waals surface area contributed by atoms with Crippen molar-refractivity contribution in [2.45, 2.75) is 30.2 Å². The van der Waals surface area contributed by atoms with E-state index in [0.717, 1.165) is 13.1 Å². The lowest BCUT2D eigenvalue weighted by molar-refractivity contribution is -0.130. The van der Waals surface area contributed by atoms with E-state index >= 15 is 0 Å². The Morgan fingerprint density at radius 3 is 2.74 bits per heavy atom. The van der Waals surface area contributed by atoms with E-state index in [1.807, 2.05) is 0 Å². The van der Waals surface area contributed by atoms with Crippen LogP contribution in [0.4, 0.5) is 0 Å². The van der Waals surface area contributed by atoms with E-state index in [2.05, 4.69) is 10.0 Å². The first-order valence-electron chi connectivity index (χ1n) is 6.65. The van der Waals surface area contributed by atoms with Crippen LogP contribution < -0.4 is 10.0 Å². The van der Waals surface area contributed by atoms with Gasteiger partial charge in [0.25, 0.3) is 0 Å². The Hall–Kier alpha value is -0.700. The minimum Gasteiger partial charge on any atom is -0.380 e. The molecule has 0 radical (unpaired) electrons. The molecule has 0 spiro atoms. The maximum atomic E-state index is 12.1. The quantitative estimate of drug-likeness (QED) is 0.642. The summed E-state index contributed by atoms with van der Waals surface area (Å²) in [5.74, 6) is 0.0434. The third-order valence-corrected chi connectivity index (χ3v) is 5.93. The number of nitrogens with one attached hydrogen (secondary N) is 2. The number of hydrogen-bond acceptors (Lipinski definition) is 5. The number of hydrogen-bond donors (Lipinski definition) is 2. The average molecular weight is 289 g/mol. The van der Waals surface area contributed by atoms with Gasteiger partial charge in [0.1, 0.15) is 5.25 Å². The van der Waals surface area contributed by atoms with Crippen LogP contribution in [0.5, 0.6) is 0 Å². The number of carbonyl (C=O) groups excluding carboxylic acids is 1. The lowest BCUT2D eigenvalue weighted by Gasteiger charge is -2.35. The highest BCUT2D eigenvalue weighted by Crippen LogP contribution is 2.19. The van der Waals surface area contributed by atoms with Crippen molar-refractivity contribution in [3.05, 3.63) is 0 Å². The maximum absolute atomic E-state index is 12.1. The smallest absolute Gasteiger partial charge is 0.224 e. The second-order valence-electron chi connectivity index (χ2n) is 5.41. The Bertz CT molecular complexity index is 457. The predicted molar refractivity (Wildman–Crippen MR) is 68.1 cm³/mol. The molecule has 2 atom stereocenters. The molecular formula is C11H19N3O4S. The van der Waals surface area contributed by atoms with Gasteiger partial charge in [0.05, 0.1) is 12.6 Å². The van der Waals surface area contributed by atoms with Gasteiger partial charge < -0.3 is 15.0 Å². The normalized spacial score (nSPS) is 32.8. The number of likely N-dealkylation sites (tertiary alicyclic amines) is 1. The van der Waals surface area contributed by atoms with Crippen molar-refractivity contribution in [1.29, 1.82) is 0 Å². The zero-order valence-electron chi connectivity index (χ0n) is 10.7. The van der Waals surface area contributed by atoms with E-state index in [1.165, 1.54) is 0 Å². The van der Waals surface area contributed by atoms with E-state index in [-0.39, 0.29) is 31.0 Å². The molecule has 7 nitrogen and oxygen atoms in total. The first-order valence-corrected chi connectivity index (χ1v) is 8.20. The number of ether oxygens (including phenoxy) is 1. The maximum Gasteiger partial charge on any atom is 0.224 e. The zero-order chi connectivity index (χ0) is 13.5. The summed E-state index contributed by atoms with van der Waals surface area (Å²) in [5, 5.41) is 2.65. The Balaban J connectivity index is 1.60. The van der Waals surface area contributed by atoms with Gasteiger partial charge in [0.2, 0.25) is 15.9 Å². The lowest BCUT2D eigenvalue weighted by Crippen LogP contribution is -2.58. The summed E-state index contributed by atoms with van der Waals surface area (Å²) in [6, 6.07) is -0.0597. The van der Waals surface area contributed by atoms with Crippen molar-refractivity contribution in [3.63, 3.8) is 0 Å². The predicted octanol–water partition coefficient (Wildman–Crippen LogP) is -1.73. The van der Waals surface area contributed by atoms with Crippen molar-refractivity contribution in [2.24, 2.45) is 0 Å². The second-order valence-corrected chi connectivity index (χ2v) is 7.40. The van der Waals surface area contributed by atoms with Gasteiger partial charge in [-0.25, -0.2) is 13.1 Å². The third-order valence-electron chi connectivity index (χ3n) is 4.02. The summed E-state index contributed by atoms with van der Waals surface area (Å²) < 4.78 is 32.0. The number of sulfonamides is 1. The fourth-order valence-corrected chi connectivity index (χ4v) is 4.24. The summed E-state index contributed by atoms with van der Waals surface area (Å²) in [5.41, 5.74) is 0. The molecular weight excluding hydrogens is 270 g/mol. The second kappa shape index (κ2) is 5.01. The summed E-state index contributed by atoms with van der Waals surface area (Å²) in [6.07, 6.45) is 0.801. The van der Waals surface area contributed by atoms with Crippen LogP contribution in [0.1, 0.15) is 12.8 Å². The number of rotatable bonds is 4. The van der Waals surface area contributed by atoms with Crippen LogP contribution in [0.2, 0.25) is 0 Å². The molecule has 0 aromatic rings. The van der Waals surface area contributed by atoms with Gasteiger partial charge in [-0.15, -0.1) is 0 Å². The van der Waals surface area contributed by atoms with E-state index in [9.17, 15) is 13.2 Å². The SMILES string of the molecule is O=C1CC(NS(=O)(=O)C2CCOC2)CN1C1CNC1. The molecule has 0 saturated carbocycles. The molecule has 3 fully saturated rings. The van der Waals surface area contributed by atoms with E-state index < -0.39 is 15.3 Å². The van der Waals surface area contributed by atoms with Crippen molar-refractivity contribution in [2.75, 3.05) is 32.8 Å². The van der Waals surface area contributed by atoms with Gasteiger partial charge in [-0.3, -0.25) is 4.79 Å². The summed E-state index contributed by atoms with van der Waals surface area (Å²) in [7, 11) is -3.37. The first-order chi connectivity index (χ1) is 9.06. The summed E-state index contributed by atoms with van der Waals surface area (Å²) >= 11 is 0. The topological polar surface area (TPSA) is 87.7 Å². The minimum absolute atomic E-state index is 0.0434. The Kier molecular flexibility index (Phi) is 3.50. The van der Waals surface area contributed by atoms with Gasteiger partial charge in [0.15, 0.2) is 0 Å². The van der Waals surface area contributed by atoms with Gasteiger partial charge >= 0.3 is 0 Å². The molecule has 8 heteroatoms. The largest absolute Gasteiger partial charge is 0.380 e. The van der Waals surface area contributed by atoms with E-state index in [0.29, 0.717) is 19.6 Å². The Morgan fingerprint density at radius 1 is 1.37 bits per heavy atom. The Labute approximate surface area is 112 Å². The van der Waals surface area contributed by atoms with Crippen LogP contribution in [0.3, 0.4) is 0 Å². The highest BCUT2D eigenvalue weighted by Gasteiger charge is 2.40. The van der Waals surface area contributed by atoms with E-state index in [4.69, 9.17) is 4.74 Å². The monoisotopic (exact) mass is 289 g/mol. The van der Waals surface area contributed by atoms with Crippen LogP contribution in [0.15, 0.2) is 0 Å². The Morgan fingerprint density at radius 2 is 2.16 bits per heavy atom. The molecule has 3 aliphatic heterocycles. The van der Waals surface area contributed by atoms with Gasteiger partial charge in [0, 0.05) is 38.7 Å². The summed E-state index contributed by atoms with van der Waals surface area (Å²) in [6.45, 7) is 2.85. The number of nitrogens with zero attached hydrogens (tertiary/aromatic N) is 1. The van der Waals surface area contributed by atoms with Crippen LogP contribution in [0.25, 0.3) is 0 Å². The van der Waals surface area contributed by atoms with Gasteiger partial charge in [-0.05, 0) is 6.42 Å². The van der Waals surface area contributed by atoms with Crippen LogP contribution in [-0.2, 0) is 19.6 Å². The molecule has 3 heterocycles. The molecule has 108 valence electrons. The van der Waals surface area contributed by atoms with E-state index in [1.54, 1.807) is 4.90 Å². The molecule has 19 heavy (non-hydrogen) atoms. The van der Waals surface area contributed by atoms with Gasteiger partial charge in [-0.1, -0.05) is 0 Å². The highest BCUT2D eigenvalue weighted by atomic mass is 32.2. The number of amides is 1. The fraction of sp³-hybridized carbons (Fsp3) is 0.909. The molecule has 3 aliphatic rings. The molecule has 2 N–H and O–H groups in total. The molecule has 3 saturated heterocycles. The zero-order valence-corrected chi connectivity index (χ0v) is 11.5. The molecule has 1 amide bonds. The van der Waals surface area contributed by atoms with Crippen LogP contribution in [0, 0.1) is 0 Å². The molecule has 0 aliphatic carbocycles. The fourth-order valence-electron chi connectivity index (χ4n) is 2.74. The van der Waals surface area contributed by atoms with Crippen LogP contribution >= 0.6 is 0 Å². The van der Waals surface area contributed by atoms with Crippen LogP contribution in [-0.4, -0.2) is 69.4 Å². The molecule has 3 rings (SSSR count). The van der Waals surface area contributed by atoms with Crippen molar-refractivity contribution >= 4 is 15.9 Å². The lowest BCUT2D eigenvalue weighted by atomic mass is 10.1. The highest BCUT2D eigenvalue weighted by molar-refractivity contribution is 7.90. The molecule has 0 aromatic carbocycles. The first kappa shape index (κ1) is 13.3. The van der Waals surface area contributed by atoms with Crippen molar-refractivity contribution < 1.29 is 17.9 Å². The molecule has 0 bridgehead atoms. The van der Waals surface area contributed by atoms with Crippen molar-refractivity contribution in [3.8, 4) is 0 Å². The molecule has 0 aromatic heterocycles. The van der Waals surface area contributed by atoms with Gasteiger partial charge in [-0.2, -0.15) is 0 Å². The standard InChI is InChI=1S/C11H19N3O4S/c15-11-3-8(6-14(11)9-4-12-5-9)13-19(16,17)10-1-2-18-7-10/h8-10,12-13H,1-7H2.